The van der Waals surface area contributed by atoms with E-state index < -0.39 is 0 Å². The summed E-state index contributed by atoms with van der Waals surface area (Å²) in [5, 5.41) is 2.70. The SMILES string of the molecule is CNC(=O)C1CCC(n2c(=O)[nH]c3cnc(-n4cnc5ccc(F)cc54)nc32)CC1. The quantitative estimate of drug-likeness (QED) is 0.538. The topological polar surface area (TPSA) is 110 Å². The molecule has 30 heavy (non-hydrogen) atoms. The van der Waals surface area contributed by atoms with E-state index in [1.54, 1.807) is 28.4 Å². The third-order valence-corrected chi connectivity index (χ3v) is 5.85. The molecule has 1 aliphatic carbocycles. The first-order chi connectivity index (χ1) is 14.5. The van der Waals surface area contributed by atoms with E-state index in [1.165, 1.54) is 18.5 Å². The van der Waals surface area contributed by atoms with Crippen molar-refractivity contribution in [3.8, 4) is 5.95 Å². The number of aromatic nitrogens is 6. The first-order valence-electron chi connectivity index (χ1n) is 9.87. The average Bonchev–Trinajstić information content (AvgIpc) is 3.32. The Morgan fingerprint density at radius 2 is 2.03 bits per heavy atom. The molecule has 1 aromatic carbocycles. The van der Waals surface area contributed by atoms with Gasteiger partial charge in [-0.05, 0) is 37.8 Å². The van der Waals surface area contributed by atoms with Gasteiger partial charge in [0.2, 0.25) is 11.9 Å². The molecule has 1 saturated carbocycles. The fourth-order valence-electron chi connectivity index (χ4n) is 4.30. The molecule has 0 aliphatic heterocycles. The average molecular weight is 409 g/mol. The summed E-state index contributed by atoms with van der Waals surface area (Å²) in [6.07, 6.45) is 5.94. The molecule has 0 unspecified atom stereocenters. The molecule has 5 rings (SSSR count). The molecule has 1 aliphatic rings. The van der Waals surface area contributed by atoms with Crippen LogP contribution in [-0.2, 0) is 4.79 Å². The Morgan fingerprint density at radius 3 is 2.80 bits per heavy atom. The maximum atomic E-state index is 13.7. The molecule has 0 bridgehead atoms. The van der Waals surface area contributed by atoms with Crippen LogP contribution < -0.4 is 11.0 Å². The van der Waals surface area contributed by atoms with Crippen LogP contribution in [0.15, 0.2) is 35.5 Å². The van der Waals surface area contributed by atoms with E-state index in [2.05, 4.69) is 25.3 Å². The summed E-state index contributed by atoms with van der Waals surface area (Å²) in [7, 11) is 1.64. The van der Waals surface area contributed by atoms with Crippen molar-refractivity contribution in [3.63, 3.8) is 0 Å². The van der Waals surface area contributed by atoms with Crippen LogP contribution >= 0.6 is 0 Å². The molecule has 2 N–H and O–H groups in total. The number of hydrogen-bond acceptors (Lipinski definition) is 5. The molecule has 0 spiro atoms. The third-order valence-electron chi connectivity index (χ3n) is 5.85. The normalized spacial score (nSPS) is 19.4. The first kappa shape index (κ1) is 18.5. The lowest BCUT2D eigenvalue weighted by molar-refractivity contribution is -0.125. The number of amides is 1. The van der Waals surface area contributed by atoms with Crippen molar-refractivity contribution in [1.29, 1.82) is 0 Å². The van der Waals surface area contributed by atoms with Gasteiger partial charge in [-0.25, -0.2) is 19.2 Å². The van der Waals surface area contributed by atoms with Gasteiger partial charge in [-0.2, -0.15) is 4.98 Å². The summed E-state index contributed by atoms with van der Waals surface area (Å²) in [5.41, 5.74) is 1.95. The Labute approximate surface area is 170 Å². The Bertz CT molecular complexity index is 1310. The Balaban J connectivity index is 1.54. The van der Waals surface area contributed by atoms with E-state index in [4.69, 9.17) is 0 Å². The summed E-state index contributed by atoms with van der Waals surface area (Å²) in [5.74, 6) is -0.0488. The van der Waals surface area contributed by atoms with Crippen molar-refractivity contribution in [3.05, 3.63) is 47.0 Å². The van der Waals surface area contributed by atoms with Gasteiger partial charge in [0.1, 0.15) is 17.7 Å². The van der Waals surface area contributed by atoms with E-state index in [-0.39, 0.29) is 29.4 Å². The number of carbonyl (C=O) groups is 1. The fraction of sp³-hybridized carbons (Fsp3) is 0.350. The Hall–Kier alpha value is -3.56. The van der Waals surface area contributed by atoms with Crippen LogP contribution in [-0.4, -0.2) is 42.0 Å². The molecular weight excluding hydrogens is 389 g/mol. The van der Waals surface area contributed by atoms with E-state index in [0.717, 1.165) is 0 Å². The molecule has 0 radical (unpaired) electrons. The molecule has 1 amide bonds. The number of imidazole rings is 2. The second kappa shape index (κ2) is 7.05. The number of fused-ring (bicyclic) bond motifs is 2. The minimum atomic E-state index is -0.378. The van der Waals surface area contributed by atoms with Gasteiger partial charge in [-0.1, -0.05) is 0 Å². The maximum Gasteiger partial charge on any atom is 0.327 e. The number of nitrogens with zero attached hydrogens (tertiary/aromatic N) is 5. The van der Waals surface area contributed by atoms with Crippen LogP contribution in [0.3, 0.4) is 0 Å². The second-order valence-corrected chi connectivity index (χ2v) is 7.57. The van der Waals surface area contributed by atoms with Crippen molar-refractivity contribution < 1.29 is 9.18 Å². The molecule has 0 atom stereocenters. The van der Waals surface area contributed by atoms with Gasteiger partial charge >= 0.3 is 5.69 Å². The predicted molar refractivity (Wildman–Crippen MR) is 108 cm³/mol. The van der Waals surface area contributed by atoms with Gasteiger partial charge in [-0.3, -0.25) is 13.9 Å². The van der Waals surface area contributed by atoms with E-state index >= 15 is 0 Å². The van der Waals surface area contributed by atoms with Crippen LogP contribution in [0.5, 0.6) is 0 Å². The smallest absolute Gasteiger partial charge is 0.327 e. The van der Waals surface area contributed by atoms with Crippen molar-refractivity contribution >= 4 is 28.1 Å². The Kier molecular flexibility index (Phi) is 4.34. The van der Waals surface area contributed by atoms with Gasteiger partial charge in [0, 0.05) is 25.1 Å². The van der Waals surface area contributed by atoms with Crippen LogP contribution in [0.25, 0.3) is 28.1 Å². The fourth-order valence-corrected chi connectivity index (χ4v) is 4.30. The molecule has 10 heteroatoms. The van der Waals surface area contributed by atoms with Crippen molar-refractivity contribution in [2.24, 2.45) is 5.92 Å². The second-order valence-electron chi connectivity index (χ2n) is 7.57. The van der Waals surface area contributed by atoms with Gasteiger partial charge in [0.25, 0.3) is 0 Å². The zero-order valence-corrected chi connectivity index (χ0v) is 16.3. The standard InChI is InChI=1S/C20H20FN7O2/c1-22-18(29)11-2-5-13(6-3-11)28-17-15(25-20(28)30)9-23-19(26-17)27-10-24-14-7-4-12(21)8-16(14)27/h4,7-11,13H,2-3,5-6H2,1H3,(H,22,29)(H,25,30). The molecular formula is C20H20FN7O2. The number of benzene rings is 1. The maximum absolute atomic E-state index is 13.7. The highest BCUT2D eigenvalue weighted by molar-refractivity contribution is 5.78. The number of nitrogens with one attached hydrogen (secondary N) is 2. The Morgan fingerprint density at radius 1 is 1.23 bits per heavy atom. The van der Waals surface area contributed by atoms with Crippen LogP contribution in [0.2, 0.25) is 0 Å². The number of aromatic amines is 1. The molecule has 1 fully saturated rings. The predicted octanol–water partition coefficient (Wildman–Crippen LogP) is 2.07. The number of H-pyrrole nitrogens is 1. The van der Waals surface area contributed by atoms with Gasteiger partial charge in [0.05, 0.1) is 17.2 Å². The monoisotopic (exact) mass is 409 g/mol. The summed E-state index contributed by atoms with van der Waals surface area (Å²) in [4.78, 5) is 40.6. The summed E-state index contributed by atoms with van der Waals surface area (Å²) in [6, 6.07) is 4.27. The van der Waals surface area contributed by atoms with E-state index in [0.29, 0.717) is 53.8 Å². The van der Waals surface area contributed by atoms with Crippen LogP contribution in [0.4, 0.5) is 4.39 Å². The molecule has 154 valence electrons. The van der Waals surface area contributed by atoms with E-state index in [9.17, 15) is 14.0 Å². The number of rotatable bonds is 3. The zero-order valence-electron chi connectivity index (χ0n) is 16.3. The molecule has 4 aromatic rings. The third kappa shape index (κ3) is 2.95. The van der Waals surface area contributed by atoms with Gasteiger partial charge < -0.3 is 10.3 Å². The number of halogens is 1. The summed E-state index contributed by atoms with van der Waals surface area (Å²) < 4.78 is 17.0. The highest BCUT2D eigenvalue weighted by Crippen LogP contribution is 2.33. The van der Waals surface area contributed by atoms with Gasteiger partial charge in [0.15, 0.2) is 5.65 Å². The van der Waals surface area contributed by atoms with Crippen LogP contribution in [0, 0.1) is 11.7 Å². The highest BCUT2D eigenvalue weighted by Gasteiger charge is 2.29. The largest absolute Gasteiger partial charge is 0.359 e. The van der Waals surface area contributed by atoms with Crippen molar-refractivity contribution in [2.45, 2.75) is 31.7 Å². The lowest BCUT2D eigenvalue weighted by Crippen LogP contribution is -2.33. The zero-order chi connectivity index (χ0) is 20.8. The summed E-state index contributed by atoms with van der Waals surface area (Å²) >= 11 is 0. The van der Waals surface area contributed by atoms with Gasteiger partial charge in [-0.15, -0.1) is 0 Å². The lowest BCUT2D eigenvalue weighted by Gasteiger charge is -2.27. The lowest BCUT2D eigenvalue weighted by atomic mass is 9.85. The minimum Gasteiger partial charge on any atom is -0.359 e. The molecule has 3 heterocycles. The highest BCUT2D eigenvalue weighted by atomic mass is 19.1. The number of carbonyl (C=O) groups excluding carboxylic acids is 1. The van der Waals surface area contributed by atoms with Crippen LogP contribution in [0.1, 0.15) is 31.7 Å². The van der Waals surface area contributed by atoms with Crippen molar-refractivity contribution in [2.75, 3.05) is 7.05 Å². The molecule has 3 aromatic heterocycles. The number of hydrogen-bond donors (Lipinski definition) is 2. The molecule has 0 saturated heterocycles. The molecule has 9 nitrogen and oxygen atoms in total. The summed E-state index contributed by atoms with van der Waals surface area (Å²) in [6.45, 7) is 0. The van der Waals surface area contributed by atoms with Crippen molar-refractivity contribution in [1.82, 2.24) is 34.4 Å². The van der Waals surface area contributed by atoms with E-state index in [1.807, 2.05) is 0 Å². The minimum absolute atomic E-state index is 0.0236. The first-order valence-corrected chi connectivity index (χ1v) is 9.87.